The molecule has 0 aromatic carbocycles. The van der Waals surface area contributed by atoms with Crippen LogP contribution in [0.3, 0.4) is 0 Å². The normalized spacial score (nSPS) is 15.0. The number of carbonyl (C=O) groups excluding carboxylic acids is 3. The molecule has 0 aromatic heterocycles. The summed E-state index contributed by atoms with van der Waals surface area (Å²) in [6, 6.07) is 0. The third-order valence-corrected chi connectivity index (χ3v) is 3.10. The molecule has 10 nitrogen and oxygen atoms in total. The molecule has 1 aliphatic heterocycles. The molecule has 0 aliphatic carbocycles. The lowest BCUT2D eigenvalue weighted by Gasteiger charge is -2.29. The van der Waals surface area contributed by atoms with Gasteiger partial charge in [0.05, 0.1) is 36.7 Å². The van der Waals surface area contributed by atoms with E-state index in [1.165, 1.54) is 11.1 Å². The summed E-state index contributed by atoms with van der Waals surface area (Å²) in [5.74, 6) is 0. The predicted molar refractivity (Wildman–Crippen MR) is 100 cm³/mol. The molecule has 0 unspecified atom stereocenters. The molecule has 0 radical (unpaired) electrons. The summed E-state index contributed by atoms with van der Waals surface area (Å²) in [4.78, 5) is 37.8. The van der Waals surface area contributed by atoms with Crippen LogP contribution in [0.1, 0.15) is 48.5 Å². The summed E-state index contributed by atoms with van der Waals surface area (Å²) >= 11 is 0. The van der Waals surface area contributed by atoms with Crippen molar-refractivity contribution < 1.29 is 33.3 Å². The Labute approximate surface area is 165 Å². The van der Waals surface area contributed by atoms with Crippen molar-refractivity contribution in [3.63, 3.8) is 0 Å². The highest BCUT2D eigenvalue weighted by molar-refractivity contribution is 5.76. The van der Waals surface area contributed by atoms with Crippen LogP contribution in [0.5, 0.6) is 0 Å². The highest BCUT2D eigenvalue weighted by atomic mass is 16.6. The molecule has 1 rings (SSSR count). The number of hydrogen-bond donors (Lipinski definition) is 1. The van der Waals surface area contributed by atoms with Gasteiger partial charge in [-0.05, 0) is 48.5 Å². The number of nitrogens with zero attached hydrogens (tertiary/aromatic N) is 2. The van der Waals surface area contributed by atoms with Gasteiger partial charge in [-0.3, -0.25) is 4.90 Å². The number of carbonyl (C=O) groups is 3. The summed E-state index contributed by atoms with van der Waals surface area (Å²) in [5.41, 5.74) is 2.00. The molecule has 0 bridgehead atoms. The second-order valence-corrected chi connectivity index (χ2v) is 7.66. The number of nitrogens with one attached hydrogen (secondary N) is 1. The van der Waals surface area contributed by atoms with Crippen LogP contribution in [-0.4, -0.2) is 65.8 Å². The SMILES string of the molecule is CC(C)OC(=O)NN(C(=O)OC(C)C)/C(=C\N1CCOC1=O)COC(C)(C)C. The first-order chi connectivity index (χ1) is 12.9. The Morgan fingerprint density at radius 2 is 1.82 bits per heavy atom. The first kappa shape index (κ1) is 23.5. The molecule has 160 valence electrons. The maximum Gasteiger partial charge on any atom is 0.433 e. The van der Waals surface area contributed by atoms with Crippen LogP contribution in [-0.2, 0) is 18.9 Å². The van der Waals surface area contributed by atoms with Crippen molar-refractivity contribution in [2.75, 3.05) is 19.8 Å². The summed E-state index contributed by atoms with van der Waals surface area (Å²) in [7, 11) is 0. The zero-order chi connectivity index (χ0) is 21.5. The maximum absolute atomic E-state index is 12.6. The Morgan fingerprint density at radius 3 is 2.29 bits per heavy atom. The number of amides is 3. The van der Waals surface area contributed by atoms with Crippen LogP contribution in [0.25, 0.3) is 0 Å². The van der Waals surface area contributed by atoms with E-state index < -0.39 is 36.1 Å². The minimum Gasteiger partial charge on any atom is -0.447 e. The molecule has 28 heavy (non-hydrogen) atoms. The van der Waals surface area contributed by atoms with Crippen LogP contribution >= 0.6 is 0 Å². The molecular weight excluding hydrogens is 370 g/mol. The number of ether oxygens (including phenoxy) is 4. The molecule has 1 N–H and O–H groups in total. The van der Waals surface area contributed by atoms with Crippen molar-refractivity contribution in [3.05, 3.63) is 11.9 Å². The second kappa shape index (κ2) is 10.2. The fraction of sp³-hybridized carbons (Fsp3) is 0.722. The van der Waals surface area contributed by atoms with Gasteiger partial charge in [0.25, 0.3) is 0 Å². The van der Waals surface area contributed by atoms with Crippen LogP contribution in [0.2, 0.25) is 0 Å². The Balaban J connectivity index is 3.17. The molecule has 10 heteroatoms. The van der Waals surface area contributed by atoms with Gasteiger partial charge < -0.3 is 18.9 Å². The van der Waals surface area contributed by atoms with Gasteiger partial charge >= 0.3 is 18.3 Å². The van der Waals surface area contributed by atoms with E-state index in [2.05, 4.69) is 5.43 Å². The number of rotatable bonds is 6. The highest BCUT2D eigenvalue weighted by Gasteiger charge is 2.29. The van der Waals surface area contributed by atoms with Gasteiger partial charge in [-0.25, -0.2) is 19.8 Å². The first-order valence-electron chi connectivity index (χ1n) is 9.15. The van der Waals surface area contributed by atoms with Gasteiger partial charge in [0.2, 0.25) is 0 Å². The number of hydrogen-bond acceptors (Lipinski definition) is 7. The van der Waals surface area contributed by atoms with E-state index in [-0.39, 0.29) is 18.9 Å². The zero-order valence-electron chi connectivity index (χ0n) is 17.6. The van der Waals surface area contributed by atoms with Crippen LogP contribution in [0.4, 0.5) is 14.4 Å². The lowest BCUT2D eigenvalue weighted by molar-refractivity contribution is -0.00518. The fourth-order valence-electron chi connectivity index (χ4n) is 1.97. The van der Waals surface area contributed by atoms with Crippen LogP contribution in [0.15, 0.2) is 11.9 Å². The van der Waals surface area contributed by atoms with Crippen molar-refractivity contribution in [1.82, 2.24) is 15.3 Å². The summed E-state index contributed by atoms with van der Waals surface area (Å²) in [6.07, 6.45) is -1.68. The van der Waals surface area contributed by atoms with Crippen molar-refractivity contribution >= 4 is 18.3 Å². The second-order valence-electron chi connectivity index (χ2n) is 7.66. The molecular formula is C18H31N3O7. The minimum absolute atomic E-state index is 0.0809. The minimum atomic E-state index is -0.846. The first-order valence-corrected chi connectivity index (χ1v) is 9.15. The van der Waals surface area contributed by atoms with E-state index in [1.807, 2.05) is 20.8 Å². The zero-order valence-corrected chi connectivity index (χ0v) is 17.6. The van der Waals surface area contributed by atoms with Gasteiger partial charge in [0.15, 0.2) is 0 Å². The van der Waals surface area contributed by atoms with Gasteiger partial charge in [-0.15, -0.1) is 0 Å². The largest absolute Gasteiger partial charge is 0.447 e. The molecule has 0 atom stereocenters. The molecule has 1 fully saturated rings. The molecule has 1 heterocycles. The topological polar surface area (TPSA) is 107 Å². The predicted octanol–water partition coefficient (Wildman–Crippen LogP) is 2.99. The summed E-state index contributed by atoms with van der Waals surface area (Å²) in [5, 5.41) is 0.877. The van der Waals surface area contributed by atoms with E-state index in [1.54, 1.807) is 27.7 Å². The van der Waals surface area contributed by atoms with E-state index in [0.717, 1.165) is 5.01 Å². The average molecular weight is 401 g/mol. The Bertz CT molecular complexity index is 596. The molecule has 3 amide bonds. The summed E-state index contributed by atoms with van der Waals surface area (Å²) < 4.78 is 20.9. The van der Waals surface area contributed by atoms with Crippen molar-refractivity contribution in [2.45, 2.75) is 66.3 Å². The van der Waals surface area contributed by atoms with Gasteiger partial charge in [-0.2, -0.15) is 5.01 Å². The van der Waals surface area contributed by atoms with E-state index in [0.29, 0.717) is 6.54 Å². The van der Waals surface area contributed by atoms with Crippen LogP contribution < -0.4 is 5.43 Å². The van der Waals surface area contributed by atoms with Crippen molar-refractivity contribution in [1.29, 1.82) is 0 Å². The standard InChI is InChI=1S/C18H31N3O7/c1-12(2)27-15(22)19-21(17(24)28-13(3)4)14(11-26-18(5,6)7)10-20-8-9-25-16(20)23/h10,12-13H,8-9,11H2,1-7H3,(H,19,22)/b14-10-. The molecule has 0 aromatic rings. The Hall–Kier alpha value is -2.49. The Kier molecular flexibility index (Phi) is 8.55. The van der Waals surface area contributed by atoms with Crippen molar-refractivity contribution in [3.8, 4) is 0 Å². The third kappa shape index (κ3) is 8.47. The number of hydrazine groups is 1. The number of cyclic esters (lactones) is 1. The van der Waals surface area contributed by atoms with Gasteiger partial charge in [0, 0.05) is 6.20 Å². The van der Waals surface area contributed by atoms with Crippen LogP contribution in [0, 0.1) is 0 Å². The molecule has 1 aliphatic rings. The van der Waals surface area contributed by atoms with Gasteiger partial charge in [-0.1, -0.05) is 0 Å². The third-order valence-electron chi connectivity index (χ3n) is 3.10. The quantitative estimate of drug-likeness (QED) is 0.538. The smallest absolute Gasteiger partial charge is 0.433 e. The summed E-state index contributed by atoms with van der Waals surface area (Å²) in [6.45, 7) is 12.7. The molecule has 0 saturated carbocycles. The molecule has 0 spiro atoms. The lowest BCUT2D eigenvalue weighted by Crippen LogP contribution is -2.48. The highest BCUT2D eigenvalue weighted by Crippen LogP contribution is 2.16. The lowest BCUT2D eigenvalue weighted by atomic mass is 10.2. The average Bonchev–Trinajstić information content (AvgIpc) is 2.92. The van der Waals surface area contributed by atoms with E-state index in [4.69, 9.17) is 18.9 Å². The van der Waals surface area contributed by atoms with E-state index >= 15 is 0 Å². The maximum atomic E-state index is 12.6. The fourth-order valence-corrected chi connectivity index (χ4v) is 1.97. The van der Waals surface area contributed by atoms with Gasteiger partial charge in [0.1, 0.15) is 6.61 Å². The van der Waals surface area contributed by atoms with Crippen molar-refractivity contribution in [2.24, 2.45) is 0 Å². The van der Waals surface area contributed by atoms with E-state index in [9.17, 15) is 14.4 Å². The Morgan fingerprint density at radius 1 is 1.21 bits per heavy atom. The molecule has 1 saturated heterocycles. The monoisotopic (exact) mass is 401 g/mol.